The van der Waals surface area contributed by atoms with Gasteiger partial charge in [0.15, 0.2) is 11.5 Å². The van der Waals surface area contributed by atoms with Crippen molar-refractivity contribution in [3.8, 4) is 17.2 Å². The molecule has 0 radical (unpaired) electrons. The molecule has 0 spiro atoms. The van der Waals surface area contributed by atoms with Crippen LogP contribution in [0.5, 0.6) is 17.2 Å². The number of ether oxygens (including phenoxy) is 3. The van der Waals surface area contributed by atoms with E-state index in [2.05, 4.69) is 5.32 Å². The molecule has 0 unspecified atom stereocenters. The van der Waals surface area contributed by atoms with Gasteiger partial charge in [-0.05, 0) is 42.7 Å². The molecule has 1 N–H and O–H groups in total. The van der Waals surface area contributed by atoms with Crippen molar-refractivity contribution in [2.24, 2.45) is 0 Å². The van der Waals surface area contributed by atoms with Crippen LogP contribution in [0.2, 0.25) is 0 Å². The molecule has 3 rings (SSSR count). The zero-order valence-electron chi connectivity index (χ0n) is 21.7. The molecule has 37 heavy (non-hydrogen) atoms. The predicted molar refractivity (Wildman–Crippen MR) is 141 cm³/mol. The largest absolute Gasteiger partial charge is 0.497 e. The number of sulfonamides is 1. The van der Waals surface area contributed by atoms with Gasteiger partial charge in [0.05, 0.1) is 19.1 Å². The van der Waals surface area contributed by atoms with Gasteiger partial charge in [-0.3, -0.25) is 13.9 Å². The fraction of sp³-hybridized carbons (Fsp3) is 0.462. The Morgan fingerprint density at radius 1 is 1.08 bits per heavy atom. The minimum absolute atomic E-state index is 0.104. The number of anilines is 1. The predicted octanol–water partition coefficient (Wildman–Crippen LogP) is 2.57. The molecule has 1 aliphatic heterocycles. The van der Waals surface area contributed by atoms with Crippen LogP contribution in [0.25, 0.3) is 0 Å². The van der Waals surface area contributed by atoms with Gasteiger partial charge in [0, 0.05) is 19.2 Å². The Kier molecular flexibility index (Phi) is 9.62. The summed E-state index contributed by atoms with van der Waals surface area (Å²) in [5, 5.41) is 2.86. The first-order chi connectivity index (χ1) is 17.7. The van der Waals surface area contributed by atoms with Crippen molar-refractivity contribution >= 4 is 27.5 Å². The normalized spacial score (nSPS) is 13.4. The second-order valence-electron chi connectivity index (χ2n) is 8.69. The number of benzene rings is 2. The Labute approximate surface area is 218 Å². The molecule has 2 aromatic rings. The third-order valence-corrected chi connectivity index (χ3v) is 7.06. The summed E-state index contributed by atoms with van der Waals surface area (Å²) in [7, 11) is -2.31. The molecule has 1 aliphatic rings. The smallest absolute Gasteiger partial charge is 0.244 e. The molecule has 0 saturated heterocycles. The molecule has 0 saturated carbocycles. The van der Waals surface area contributed by atoms with Crippen LogP contribution in [0.15, 0.2) is 42.5 Å². The number of carbonyl (C=O) groups is 2. The van der Waals surface area contributed by atoms with Crippen molar-refractivity contribution in [3.05, 3.63) is 48.0 Å². The molecule has 1 atom stereocenters. The Bertz CT molecular complexity index is 1200. The lowest BCUT2D eigenvalue weighted by atomic mass is 10.1. The van der Waals surface area contributed by atoms with Crippen LogP contribution in [0, 0.1) is 0 Å². The maximum atomic E-state index is 13.8. The van der Waals surface area contributed by atoms with Crippen LogP contribution in [0.4, 0.5) is 5.69 Å². The molecule has 202 valence electrons. The molecule has 11 heteroatoms. The van der Waals surface area contributed by atoms with Gasteiger partial charge in [-0.25, -0.2) is 8.42 Å². The molecular weight excluding hydrogens is 498 g/mol. The summed E-state index contributed by atoms with van der Waals surface area (Å²) in [6.45, 7) is 4.59. The summed E-state index contributed by atoms with van der Waals surface area (Å²) in [5.74, 6) is 0.728. The molecule has 0 aromatic heterocycles. The van der Waals surface area contributed by atoms with Crippen molar-refractivity contribution < 1.29 is 32.2 Å². The van der Waals surface area contributed by atoms with E-state index in [0.29, 0.717) is 43.4 Å². The van der Waals surface area contributed by atoms with E-state index in [0.717, 1.165) is 22.5 Å². The molecular formula is C26H35N3O7S. The van der Waals surface area contributed by atoms with Gasteiger partial charge in [0.25, 0.3) is 0 Å². The Hall–Kier alpha value is -3.47. The van der Waals surface area contributed by atoms with E-state index >= 15 is 0 Å². The maximum Gasteiger partial charge on any atom is 0.244 e. The number of nitrogens with one attached hydrogen (secondary N) is 1. The number of hydrogen-bond acceptors (Lipinski definition) is 7. The minimum Gasteiger partial charge on any atom is -0.497 e. The number of fused-ring (bicyclic) bond motifs is 1. The molecule has 10 nitrogen and oxygen atoms in total. The molecule has 0 fully saturated rings. The Morgan fingerprint density at radius 3 is 2.46 bits per heavy atom. The fourth-order valence-electron chi connectivity index (χ4n) is 4.05. The maximum absolute atomic E-state index is 13.8. The van der Waals surface area contributed by atoms with E-state index in [1.807, 2.05) is 19.9 Å². The van der Waals surface area contributed by atoms with Gasteiger partial charge in [0.2, 0.25) is 21.8 Å². The van der Waals surface area contributed by atoms with Crippen LogP contribution < -0.4 is 23.8 Å². The highest BCUT2D eigenvalue weighted by Crippen LogP contribution is 2.34. The Morgan fingerprint density at radius 2 is 1.81 bits per heavy atom. The average molecular weight is 534 g/mol. The summed E-state index contributed by atoms with van der Waals surface area (Å²) < 4.78 is 43.1. The lowest BCUT2D eigenvalue weighted by molar-refractivity contribution is -0.140. The summed E-state index contributed by atoms with van der Waals surface area (Å²) in [6, 6.07) is 11.1. The lowest BCUT2D eigenvalue weighted by Gasteiger charge is -2.33. The van der Waals surface area contributed by atoms with Gasteiger partial charge < -0.3 is 24.4 Å². The van der Waals surface area contributed by atoms with Crippen LogP contribution in [0.1, 0.15) is 32.3 Å². The fourth-order valence-corrected chi connectivity index (χ4v) is 4.90. The van der Waals surface area contributed by atoms with E-state index in [-0.39, 0.29) is 18.1 Å². The quantitative estimate of drug-likeness (QED) is 0.446. The highest BCUT2D eigenvalue weighted by molar-refractivity contribution is 7.92. The number of methoxy groups -OCH3 is 1. The molecule has 1 heterocycles. The summed E-state index contributed by atoms with van der Waals surface area (Å²) in [5.41, 5.74) is 1.02. The van der Waals surface area contributed by atoms with E-state index in [1.54, 1.807) is 43.5 Å². The van der Waals surface area contributed by atoms with Crippen molar-refractivity contribution in [2.75, 3.05) is 44.0 Å². The summed E-state index contributed by atoms with van der Waals surface area (Å²) in [4.78, 5) is 28.2. The van der Waals surface area contributed by atoms with Gasteiger partial charge in [-0.15, -0.1) is 0 Å². The first-order valence-electron chi connectivity index (χ1n) is 12.2. The van der Waals surface area contributed by atoms with E-state index < -0.39 is 28.5 Å². The number of amides is 2. The first-order valence-corrected chi connectivity index (χ1v) is 14.1. The zero-order chi connectivity index (χ0) is 27.0. The van der Waals surface area contributed by atoms with E-state index in [1.165, 1.54) is 4.90 Å². The standard InChI is InChI=1S/C26H35N3O7S/c1-5-12-27-26(31)22(6-2)28(17-19-8-7-9-21(15-19)34-3)25(30)18-29(37(4,32)33)20-10-11-23-24(16-20)36-14-13-35-23/h7-11,15-16,22H,5-6,12-14,17-18H2,1-4H3,(H,27,31)/t22-/m1/s1. The monoisotopic (exact) mass is 533 g/mol. The van der Waals surface area contributed by atoms with Crippen LogP contribution >= 0.6 is 0 Å². The first kappa shape index (κ1) is 28.1. The number of nitrogens with zero attached hydrogens (tertiary/aromatic N) is 2. The summed E-state index contributed by atoms with van der Waals surface area (Å²) in [6.07, 6.45) is 2.14. The topological polar surface area (TPSA) is 114 Å². The van der Waals surface area contributed by atoms with Gasteiger partial charge in [-0.1, -0.05) is 26.0 Å². The molecule has 0 bridgehead atoms. The number of hydrogen-bond donors (Lipinski definition) is 1. The zero-order valence-corrected chi connectivity index (χ0v) is 22.5. The molecule has 0 aliphatic carbocycles. The van der Waals surface area contributed by atoms with Crippen LogP contribution in [-0.4, -0.2) is 70.8 Å². The van der Waals surface area contributed by atoms with Crippen LogP contribution in [0.3, 0.4) is 0 Å². The van der Waals surface area contributed by atoms with Crippen molar-refractivity contribution in [1.82, 2.24) is 10.2 Å². The van der Waals surface area contributed by atoms with Gasteiger partial charge in [-0.2, -0.15) is 0 Å². The van der Waals surface area contributed by atoms with Crippen molar-refractivity contribution in [1.29, 1.82) is 0 Å². The third-order valence-electron chi connectivity index (χ3n) is 5.92. The SMILES string of the molecule is CCCNC(=O)[C@@H](CC)N(Cc1cccc(OC)c1)C(=O)CN(c1ccc2c(c1)OCCO2)S(C)(=O)=O. The van der Waals surface area contributed by atoms with Crippen molar-refractivity contribution in [2.45, 2.75) is 39.3 Å². The van der Waals surface area contributed by atoms with Crippen molar-refractivity contribution in [3.63, 3.8) is 0 Å². The third kappa shape index (κ3) is 7.28. The highest BCUT2D eigenvalue weighted by Gasteiger charge is 2.32. The summed E-state index contributed by atoms with van der Waals surface area (Å²) >= 11 is 0. The second kappa shape index (κ2) is 12.7. The molecule has 2 aromatic carbocycles. The Balaban J connectivity index is 1.95. The van der Waals surface area contributed by atoms with Gasteiger partial charge >= 0.3 is 0 Å². The number of carbonyl (C=O) groups excluding carboxylic acids is 2. The average Bonchev–Trinajstić information content (AvgIpc) is 2.89. The molecule has 2 amide bonds. The highest BCUT2D eigenvalue weighted by atomic mass is 32.2. The number of rotatable bonds is 12. The second-order valence-corrected chi connectivity index (χ2v) is 10.6. The van der Waals surface area contributed by atoms with Gasteiger partial charge in [0.1, 0.15) is 31.5 Å². The minimum atomic E-state index is -3.85. The van der Waals surface area contributed by atoms with E-state index in [9.17, 15) is 18.0 Å². The lowest BCUT2D eigenvalue weighted by Crippen LogP contribution is -2.52. The van der Waals surface area contributed by atoms with Crippen LogP contribution in [-0.2, 0) is 26.2 Å². The van der Waals surface area contributed by atoms with E-state index in [4.69, 9.17) is 14.2 Å².